The fourth-order valence-electron chi connectivity index (χ4n) is 4.51. The highest BCUT2D eigenvalue weighted by Crippen LogP contribution is 2.40. The monoisotopic (exact) mass is 375 g/mol. The Bertz CT molecular complexity index is 848. The van der Waals surface area contributed by atoms with Gasteiger partial charge in [0.05, 0.1) is 0 Å². The second-order valence-electron chi connectivity index (χ2n) is 7.71. The highest BCUT2D eigenvalue weighted by Gasteiger charge is 2.46. The van der Waals surface area contributed by atoms with E-state index in [-0.39, 0.29) is 36.5 Å². The zero-order valence-electron chi connectivity index (χ0n) is 15.9. The van der Waals surface area contributed by atoms with E-state index in [2.05, 4.69) is 6.58 Å². The van der Waals surface area contributed by atoms with Gasteiger partial charge in [-0.25, -0.2) is 4.79 Å². The maximum absolute atomic E-state index is 13.0. The second-order valence-corrected chi connectivity index (χ2v) is 7.71. The summed E-state index contributed by atoms with van der Waals surface area (Å²) in [5.74, 6) is 0.0452. The number of fused-ring (bicyclic) bond motifs is 2. The summed E-state index contributed by atoms with van der Waals surface area (Å²) in [5.41, 5.74) is 2.43. The second kappa shape index (κ2) is 8.01. The fourth-order valence-corrected chi connectivity index (χ4v) is 4.51. The van der Waals surface area contributed by atoms with E-state index in [0.29, 0.717) is 18.4 Å². The number of nitrogens with zero attached hydrogens (tertiary/aromatic N) is 1. The number of allylic oxidation sites excluding steroid dienone is 1. The van der Waals surface area contributed by atoms with E-state index in [1.165, 1.54) is 0 Å². The first-order valence-corrected chi connectivity index (χ1v) is 9.91. The molecule has 144 valence electrons. The Morgan fingerprint density at radius 2 is 1.50 bits per heavy atom. The molecule has 4 nitrogen and oxygen atoms in total. The third kappa shape index (κ3) is 3.72. The van der Waals surface area contributed by atoms with Gasteiger partial charge in [0.15, 0.2) is 5.78 Å². The standard InChI is InChI=1S/C24H25NO3/c1-17(19-10-6-3-7-11-19)23(26)20-14-21-12-13-22(15-20)25(21)24(27)28-16-18-8-4-2-5-9-18/h2-11,20-22H,1,12-16H2. The van der Waals surface area contributed by atoms with E-state index < -0.39 is 0 Å². The molecular weight excluding hydrogens is 350 g/mol. The van der Waals surface area contributed by atoms with Crippen molar-refractivity contribution < 1.29 is 14.3 Å². The maximum Gasteiger partial charge on any atom is 0.410 e. The molecule has 4 rings (SSSR count). The zero-order valence-corrected chi connectivity index (χ0v) is 15.9. The van der Waals surface area contributed by atoms with Crippen molar-refractivity contribution >= 4 is 17.4 Å². The van der Waals surface area contributed by atoms with Crippen LogP contribution in [0.1, 0.15) is 36.8 Å². The lowest BCUT2D eigenvalue weighted by molar-refractivity contribution is -0.119. The Morgan fingerprint density at radius 3 is 2.11 bits per heavy atom. The molecular formula is C24H25NO3. The first-order chi connectivity index (χ1) is 13.6. The van der Waals surface area contributed by atoms with Crippen LogP contribution in [0, 0.1) is 5.92 Å². The van der Waals surface area contributed by atoms with Crippen LogP contribution in [0.15, 0.2) is 67.2 Å². The van der Waals surface area contributed by atoms with Gasteiger partial charge in [-0.3, -0.25) is 4.79 Å². The first-order valence-electron chi connectivity index (χ1n) is 9.91. The van der Waals surface area contributed by atoms with Gasteiger partial charge in [-0.1, -0.05) is 67.2 Å². The number of Topliss-reactive ketones (excluding diaryl/α,β-unsaturated/α-hetero) is 1. The van der Waals surface area contributed by atoms with Gasteiger partial charge in [0.25, 0.3) is 0 Å². The van der Waals surface area contributed by atoms with Crippen LogP contribution in [0.4, 0.5) is 4.79 Å². The molecule has 0 radical (unpaired) electrons. The Morgan fingerprint density at radius 1 is 0.929 bits per heavy atom. The Kier molecular flexibility index (Phi) is 5.29. The van der Waals surface area contributed by atoms with Gasteiger partial charge in [-0.15, -0.1) is 0 Å². The van der Waals surface area contributed by atoms with Crippen LogP contribution in [0.25, 0.3) is 5.57 Å². The van der Waals surface area contributed by atoms with E-state index in [1.54, 1.807) is 0 Å². The number of hydrogen-bond donors (Lipinski definition) is 0. The van der Waals surface area contributed by atoms with E-state index in [0.717, 1.165) is 24.0 Å². The summed E-state index contributed by atoms with van der Waals surface area (Å²) in [6.07, 6.45) is 3.01. The molecule has 0 aromatic heterocycles. The number of amides is 1. The first kappa shape index (κ1) is 18.5. The lowest BCUT2D eigenvalue weighted by atomic mass is 9.83. The number of ether oxygens (including phenoxy) is 1. The quantitative estimate of drug-likeness (QED) is 0.702. The lowest BCUT2D eigenvalue weighted by Gasteiger charge is -2.37. The topological polar surface area (TPSA) is 46.6 Å². The van der Waals surface area contributed by atoms with Crippen LogP contribution in [-0.2, 0) is 16.1 Å². The summed E-state index contributed by atoms with van der Waals surface area (Å²) >= 11 is 0. The van der Waals surface area contributed by atoms with Crippen LogP contribution in [0.3, 0.4) is 0 Å². The largest absolute Gasteiger partial charge is 0.445 e. The highest BCUT2D eigenvalue weighted by atomic mass is 16.6. The van der Waals surface area contributed by atoms with Gasteiger partial charge in [0.2, 0.25) is 0 Å². The minimum absolute atomic E-state index is 0.0663. The maximum atomic E-state index is 13.0. The molecule has 1 amide bonds. The van der Waals surface area contributed by atoms with E-state index in [1.807, 2.05) is 65.6 Å². The molecule has 2 bridgehead atoms. The van der Waals surface area contributed by atoms with Crippen LogP contribution in [-0.4, -0.2) is 28.9 Å². The number of hydrogen-bond acceptors (Lipinski definition) is 3. The van der Waals surface area contributed by atoms with E-state index in [4.69, 9.17) is 4.74 Å². The van der Waals surface area contributed by atoms with Crippen molar-refractivity contribution in [2.75, 3.05) is 0 Å². The third-order valence-electron chi connectivity index (χ3n) is 5.94. The summed E-state index contributed by atoms with van der Waals surface area (Å²) in [7, 11) is 0. The number of ketones is 1. The molecule has 2 unspecified atom stereocenters. The SMILES string of the molecule is C=C(C(=O)C1CC2CCC(C1)N2C(=O)OCc1ccccc1)c1ccccc1. The van der Waals surface area contributed by atoms with Crippen molar-refractivity contribution in [1.29, 1.82) is 0 Å². The Hall–Kier alpha value is -2.88. The molecule has 2 aromatic rings. The molecule has 2 atom stereocenters. The van der Waals surface area contributed by atoms with Crippen molar-refractivity contribution in [1.82, 2.24) is 4.90 Å². The normalized spacial score (nSPS) is 23.3. The van der Waals surface area contributed by atoms with E-state index in [9.17, 15) is 9.59 Å². The molecule has 2 aliphatic rings. The van der Waals surface area contributed by atoms with E-state index >= 15 is 0 Å². The van der Waals surface area contributed by atoms with Gasteiger partial charge in [0.1, 0.15) is 6.61 Å². The Balaban J connectivity index is 1.38. The summed E-state index contributed by atoms with van der Waals surface area (Å²) in [6, 6.07) is 19.5. The number of piperidine rings is 1. The number of carbonyl (C=O) groups excluding carboxylic acids is 2. The van der Waals surface area contributed by atoms with Crippen molar-refractivity contribution in [3.63, 3.8) is 0 Å². The predicted molar refractivity (Wildman–Crippen MR) is 108 cm³/mol. The van der Waals surface area contributed by atoms with Gasteiger partial charge in [0, 0.05) is 23.6 Å². The van der Waals surface area contributed by atoms with Crippen molar-refractivity contribution in [3.05, 3.63) is 78.4 Å². The van der Waals surface area contributed by atoms with Gasteiger partial charge in [-0.2, -0.15) is 0 Å². The molecule has 2 aliphatic heterocycles. The number of benzene rings is 2. The third-order valence-corrected chi connectivity index (χ3v) is 5.94. The van der Waals surface area contributed by atoms with Gasteiger partial charge in [-0.05, 0) is 36.8 Å². The summed E-state index contributed by atoms with van der Waals surface area (Å²) in [4.78, 5) is 27.5. The molecule has 0 N–H and O–H groups in total. The summed E-state index contributed by atoms with van der Waals surface area (Å²) in [6.45, 7) is 4.31. The highest BCUT2D eigenvalue weighted by molar-refractivity contribution is 6.21. The number of carbonyl (C=O) groups is 2. The van der Waals surface area contributed by atoms with Gasteiger partial charge < -0.3 is 9.64 Å². The molecule has 2 saturated heterocycles. The molecule has 28 heavy (non-hydrogen) atoms. The summed E-state index contributed by atoms with van der Waals surface area (Å²) < 4.78 is 5.55. The molecule has 2 heterocycles. The average molecular weight is 375 g/mol. The lowest BCUT2D eigenvalue weighted by Crippen LogP contribution is -2.48. The zero-order chi connectivity index (χ0) is 19.5. The molecule has 0 saturated carbocycles. The number of rotatable bonds is 5. The smallest absolute Gasteiger partial charge is 0.410 e. The van der Waals surface area contributed by atoms with Crippen LogP contribution < -0.4 is 0 Å². The fraction of sp³-hybridized carbons (Fsp3) is 0.333. The minimum Gasteiger partial charge on any atom is -0.445 e. The molecule has 4 heteroatoms. The molecule has 2 aromatic carbocycles. The van der Waals surface area contributed by atoms with Crippen molar-refractivity contribution in [2.24, 2.45) is 5.92 Å². The molecule has 0 spiro atoms. The Labute approximate surface area is 165 Å². The molecule has 0 aliphatic carbocycles. The predicted octanol–water partition coefficient (Wildman–Crippen LogP) is 4.85. The summed E-state index contributed by atoms with van der Waals surface area (Å²) in [5, 5.41) is 0. The van der Waals surface area contributed by atoms with Gasteiger partial charge >= 0.3 is 6.09 Å². The average Bonchev–Trinajstić information content (AvgIpc) is 3.01. The minimum atomic E-state index is -0.260. The molecule has 2 fully saturated rings. The van der Waals surface area contributed by atoms with Crippen LogP contribution >= 0.6 is 0 Å². The van der Waals surface area contributed by atoms with Crippen LogP contribution in [0.2, 0.25) is 0 Å². The van der Waals surface area contributed by atoms with Crippen LogP contribution in [0.5, 0.6) is 0 Å². The van der Waals surface area contributed by atoms with Crippen molar-refractivity contribution in [3.8, 4) is 0 Å². The van der Waals surface area contributed by atoms with Crippen molar-refractivity contribution in [2.45, 2.75) is 44.4 Å².